The SMILES string of the molecule is COCCNc1nc(N2CCCOCC2)nc2c(C=C3CC(=O)NC3=O)cnn12. The van der Waals surface area contributed by atoms with E-state index in [0.717, 1.165) is 13.0 Å². The Morgan fingerprint density at radius 2 is 2.21 bits per heavy atom. The van der Waals surface area contributed by atoms with Crippen LogP contribution in [-0.4, -0.2) is 78.0 Å². The van der Waals surface area contributed by atoms with Crippen LogP contribution >= 0.6 is 0 Å². The number of methoxy groups -OCH3 is 1. The molecule has 2 N–H and O–H groups in total. The van der Waals surface area contributed by atoms with Crippen LogP contribution in [0.1, 0.15) is 18.4 Å². The lowest BCUT2D eigenvalue weighted by Gasteiger charge is -2.20. The van der Waals surface area contributed by atoms with Gasteiger partial charge in [0.15, 0.2) is 5.65 Å². The van der Waals surface area contributed by atoms with E-state index in [2.05, 4.69) is 25.6 Å². The van der Waals surface area contributed by atoms with E-state index in [-0.39, 0.29) is 18.2 Å². The Hall–Kier alpha value is -3.05. The van der Waals surface area contributed by atoms with Gasteiger partial charge in [0.05, 0.1) is 25.8 Å². The number of aromatic nitrogens is 4. The van der Waals surface area contributed by atoms with Crippen molar-refractivity contribution in [3.63, 3.8) is 0 Å². The molecule has 11 heteroatoms. The maximum atomic E-state index is 11.9. The number of carbonyl (C=O) groups excluding carboxylic acids is 2. The van der Waals surface area contributed by atoms with Gasteiger partial charge in [0, 0.05) is 44.5 Å². The molecule has 0 atom stereocenters. The maximum absolute atomic E-state index is 11.9. The lowest BCUT2D eigenvalue weighted by molar-refractivity contribution is -0.124. The summed E-state index contributed by atoms with van der Waals surface area (Å²) in [6.07, 6.45) is 4.21. The van der Waals surface area contributed by atoms with Gasteiger partial charge in [0.25, 0.3) is 5.91 Å². The predicted molar refractivity (Wildman–Crippen MR) is 105 cm³/mol. The Labute approximate surface area is 167 Å². The molecule has 2 amide bonds. The number of rotatable bonds is 6. The smallest absolute Gasteiger partial charge is 0.254 e. The van der Waals surface area contributed by atoms with Crippen LogP contribution < -0.4 is 15.5 Å². The van der Waals surface area contributed by atoms with Gasteiger partial charge in [-0.1, -0.05) is 0 Å². The maximum Gasteiger partial charge on any atom is 0.254 e. The molecule has 2 aliphatic rings. The van der Waals surface area contributed by atoms with Crippen LogP contribution in [0.25, 0.3) is 11.7 Å². The molecule has 154 valence electrons. The van der Waals surface area contributed by atoms with Gasteiger partial charge in [-0.05, 0) is 12.5 Å². The highest BCUT2D eigenvalue weighted by Gasteiger charge is 2.25. The van der Waals surface area contributed by atoms with Gasteiger partial charge in [-0.3, -0.25) is 14.9 Å². The first-order chi connectivity index (χ1) is 14.2. The molecule has 2 aromatic rings. The Morgan fingerprint density at radius 3 is 3.00 bits per heavy atom. The third-order valence-corrected chi connectivity index (χ3v) is 4.70. The highest BCUT2D eigenvalue weighted by molar-refractivity contribution is 6.15. The second-order valence-corrected chi connectivity index (χ2v) is 6.78. The highest BCUT2D eigenvalue weighted by atomic mass is 16.5. The van der Waals surface area contributed by atoms with E-state index in [4.69, 9.17) is 14.5 Å². The van der Waals surface area contributed by atoms with Crippen molar-refractivity contribution in [1.29, 1.82) is 0 Å². The number of ether oxygens (including phenoxy) is 2. The van der Waals surface area contributed by atoms with Gasteiger partial charge >= 0.3 is 0 Å². The Morgan fingerprint density at radius 1 is 1.31 bits per heavy atom. The van der Waals surface area contributed by atoms with E-state index in [9.17, 15) is 9.59 Å². The van der Waals surface area contributed by atoms with Crippen LogP contribution in [0.4, 0.5) is 11.9 Å². The Balaban J connectivity index is 1.74. The largest absolute Gasteiger partial charge is 0.383 e. The van der Waals surface area contributed by atoms with Crippen molar-refractivity contribution in [3.8, 4) is 0 Å². The number of nitrogens with zero attached hydrogens (tertiary/aromatic N) is 5. The van der Waals surface area contributed by atoms with Crippen LogP contribution in [0.2, 0.25) is 0 Å². The summed E-state index contributed by atoms with van der Waals surface area (Å²) in [6, 6.07) is 0. The van der Waals surface area contributed by atoms with E-state index in [0.29, 0.717) is 61.6 Å². The molecule has 0 unspecified atom stereocenters. The van der Waals surface area contributed by atoms with Crippen molar-refractivity contribution in [2.24, 2.45) is 0 Å². The second-order valence-electron chi connectivity index (χ2n) is 6.78. The average molecular weight is 401 g/mol. The first-order valence-electron chi connectivity index (χ1n) is 9.52. The standard InChI is InChI=1S/C18H23N7O4/c1-28-7-3-19-17-23-18(24-4-2-6-29-8-5-24)22-15-13(11-20-25(15)17)9-12-10-14(26)21-16(12)27/h9,11H,2-8,10H2,1H3,(H,19,22,23)(H,21,26,27). The average Bonchev–Trinajstić information content (AvgIpc) is 3.12. The molecule has 2 saturated heterocycles. The molecule has 0 radical (unpaired) electrons. The van der Waals surface area contributed by atoms with Gasteiger partial charge in [0.1, 0.15) is 0 Å². The van der Waals surface area contributed by atoms with Crippen LogP contribution in [0.3, 0.4) is 0 Å². The normalized spacial score (nSPS) is 19.1. The summed E-state index contributed by atoms with van der Waals surface area (Å²) in [5.74, 6) is 0.407. The minimum atomic E-state index is -0.383. The van der Waals surface area contributed by atoms with Crippen molar-refractivity contribution in [2.45, 2.75) is 12.8 Å². The molecule has 4 heterocycles. The zero-order valence-corrected chi connectivity index (χ0v) is 16.2. The minimum absolute atomic E-state index is 0.0521. The summed E-state index contributed by atoms with van der Waals surface area (Å²) in [5.41, 5.74) is 1.59. The Kier molecular flexibility index (Phi) is 5.67. The second kappa shape index (κ2) is 8.53. The van der Waals surface area contributed by atoms with Crippen molar-refractivity contribution in [3.05, 3.63) is 17.3 Å². The quantitative estimate of drug-likeness (QED) is 0.386. The fraction of sp³-hybridized carbons (Fsp3) is 0.500. The monoisotopic (exact) mass is 401 g/mol. The van der Waals surface area contributed by atoms with Gasteiger partial charge in [-0.25, -0.2) is 0 Å². The van der Waals surface area contributed by atoms with E-state index in [1.54, 1.807) is 23.9 Å². The number of imide groups is 1. The topological polar surface area (TPSA) is 123 Å². The summed E-state index contributed by atoms with van der Waals surface area (Å²) < 4.78 is 12.2. The summed E-state index contributed by atoms with van der Waals surface area (Å²) >= 11 is 0. The summed E-state index contributed by atoms with van der Waals surface area (Å²) in [5, 5.41) is 9.88. The predicted octanol–water partition coefficient (Wildman–Crippen LogP) is -0.161. The molecular formula is C18H23N7O4. The molecular weight excluding hydrogens is 378 g/mol. The van der Waals surface area contributed by atoms with Gasteiger partial charge in [0.2, 0.25) is 17.8 Å². The molecule has 2 fully saturated rings. The molecule has 0 saturated carbocycles. The van der Waals surface area contributed by atoms with Crippen molar-refractivity contribution in [1.82, 2.24) is 24.9 Å². The molecule has 4 rings (SSSR count). The van der Waals surface area contributed by atoms with E-state index in [1.807, 2.05) is 0 Å². The molecule has 2 aliphatic heterocycles. The van der Waals surface area contributed by atoms with Crippen molar-refractivity contribution >= 4 is 35.4 Å². The number of carbonyl (C=O) groups is 2. The highest BCUT2D eigenvalue weighted by Crippen LogP contribution is 2.22. The van der Waals surface area contributed by atoms with Crippen LogP contribution in [0, 0.1) is 0 Å². The fourth-order valence-electron chi connectivity index (χ4n) is 3.26. The first-order valence-corrected chi connectivity index (χ1v) is 9.52. The fourth-order valence-corrected chi connectivity index (χ4v) is 3.26. The number of hydrogen-bond acceptors (Lipinski definition) is 9. The molecule has 0 aliphatic carbocycles. The molecule has 0 bridgehead atoms. The van der Waals surface area contributed by atoms with Gasteiger partial charge < -0.3 is 19.7 Å². The molecule has 2 aromatic heterocycles. The third-order valence-electron chi connectivity index (χ3n) is 4.70. The Bertz CT molecular complexity index is 947. The van der Waals surface area contributed by atoms with E-state index < -0.39 is 0 Å². The third kappa shape index (κ3) is 4.20. The van der Waals surface area contributed by atoms with E-state index >= 15 is 0 Å². The van der Waals surface area contributed by atoms with Crippen LogP contribution in [0.15, 0.2) is 11.8 Å². The summed E-state index contributed by atoms with van der Waals surface area (Å²) in [6.45, 7) is 3.87. The lowest BCUT2D eigenvalue weighted by Crippen LogP contribution is -2.29. The molecule has 11 nitrogen and oxygen atoms in total. The number of amides is 2. The van der Waals surface area contributed by atoms with Crippen molar-refractivity contribution < 1.29 is 19.1 Å². The van der Waals surface area contributed by atoms with Crippen LogP contribution in [-0.2, 0) is 19.1 Å². The number of nitrogens with one attached hydrogen (secondary N) is 2. The summed E-state index contributed by atoms with van der Waals surface area (Å²) in [7, 11) is 1.63. The first kappa shape index (κ1) is 19.3. The summed E-state index contributed by atoms with van der Waals surface area (Å²) in [4.78, 5) is 34.8. The van der Waals surface area contributed by atoms with Crippen LogP contribution in [0.5, 0.6) is 0 Å². The van der Waals surface area contributed by atoms with Gasteiger partial charge in [-0.2, -0.15) is 19.6 Å². The molecule has 0 spiro atoms. The number of hydrogen-bond donors (Lipinski definition) is 2. The zero-order valence-electron chi connectivity index (χ0n) is 16.2. The zero-order chi connectivity index (χ0) is 20.2. The van der Waals surface area contributed by atoms with E-state index in [1.165, 1.54) is 0 Å². The van der Waals surface area contributed by atoms with Crippen molar-refractivity contribution in [2.75, 3.05) is 56.8 Å². The number of anilines is 2. The lowest BCUT2D eigenvalue weighted by atomic mass is 10.1. The molecule has 29 heavy (non-hydrogen) atoms. The minimum Gasteiger partial charge on any atom is -0.383 e. The van der Waals surface area contributed by atoms with Gasteiger partial charge in [-0.15, -0.1) is 0 Å². The number of fused-ring (bicyclic) bond motifs is 1. The molecule has 0 aromatic carbocycles.